The van der Waals surface area contributed by atoms with Crippen molar-refractivity contribution in [2.75, 3.05) is 0 Å². The average molecular weight is 310 g/mol. The summed E-state index contributed by atoms with van der Waals surface area (Å²) >= 11 is 0. The molecule has 0 spiro atoms. The van der Waals surface area contributed by atoms with Gasteiger partial charge in [-0.3, -0.25) is 0 Å². The zero-order chi connectivity index (χ0) is 16.8. The molecule has 24 heavy (non-hydrogen) atoms. The van der Waals surface area contributed by atoms with Gasteiger partial charge in [0.15, 0.2) is 0 Å². The predicted octanol–water partition coefficient (Wildman–Crippen LogP) is 6.64. The van der Waals surface area contributed by atoms with E-state index in [-0.39, 0.29) is 0 Å². The van der Waals surface area contributed by atoms with E-state index in [0.29, 0.717) is 0 Å². The van der Waals surface area contributed by atoms with Gasteiger partial charge >= 0.3 is 0 Å². The van der Waals surface area contributed by atoms with Crippen LogP contribution < -0.4 is 0 Å². The van der Waals surface area contributed by atoms with Crippen LogP contribution in [0.4, 0.5) is 0 Å². The summed E-state index contributed by atoms with van der Waals surface area (Å²) in [4.78, 5) is 0. The Kier molecular flexibility index (Phi) is 5.08. The van der Waals surface area contributed by atoms with Crippen LogP contribution >= 0.6 is 0 Å². The molecule has 0 aliphatic carbocycles. The minimum atomic E-state index is 1.21. The van der Waals surface area contributed by atoms with E-state index in [0.717, 1.165) is 0 Å². The molecule has 3 aromatic carbocycles. The third-order valence-corrected chi connectivity index (χ3v) is 4.22. The van der Waals surface area contributed by atoms with Gasteiger partial charge in [-0.2, -0.15) is 0 Å². The van der Waals surface area contributed by atoms with Gasteiger partial charge in [0.25, 0.3) is 0 Å². The molecule has 118 valence electrons. The lowest BCUT2D eigenvalue weighted by Gasteiger charge is -2.00. The van der Waals surface area contributed by atoms with Crippen molar-refractivity contribution in [2.45, 2.75) is 13.8 Å². The lowest BCUT2D eigenvalue weighted by Crippen LogP contribution is -1.80. The molecule has 0 saturated carbocycles. The maximum atomic E-state index is 2.17. The summed E-state index contributed by atoms with van der Waals surface area (Å²) in [7, 11) is 0. The summed E-state index contributed by atoms with van der Waals surface area (Å²) in [6, 6.07) is 25.5. The fourth-order valence-corrected chi connectivity index (χ4v) is 2.64. The summed E-state index contributed by atoms with van der Waals surface area (Å²) in [6.07, 6.45) is 8.68. The van der Waals surface area contributed by atoms with Crippen LogP contribution in [0.2, 0.25) is 0 Å². The van der Waals surface area contributed by atoms with Gasteiger partial charge in [-0.05, 0) is 47.2 Å². The van der Waals surface area contributed by atoms with Crippen molar-refractivity contribution in [3.63, 3.8) is 0 Å². The molecule has 0 aliphatic rings. The number of hydrogen-bond donors (Lipinski definition) is 0. The number of hydrogen-bond acceptors (Lipinski definition) is 0. The van der Waals surface area contributed by atoms with Crippen molar-refractivity contribution < 1.29 is 0 Å². The Bertz CT molecular complexity index is 790. The molecule has 0 atom stereocenters. The van der Waals surface area contributed by atoms with E-state index in [2.05, 4.69) is 111 Å². The van der Waals surface area contributed by atoms with Crippen molar-refractivity contribution >= 4 is 24.3 Å². The van der Waals surface area contributed by atoms with Crippen LogP contribution in [0.25, 0.3) is 24.3 Å². The summed E-state index contributed by atoms with van der Waals surface area (Å²) in [5.41, 5.74) is 7.55. The monoisotopic (exact) mass is 310 g/mol. The highest BCUT2D eigenvalue weighted by atomic mass is 14.0. The predicted molar refractivity (Wildman–Crippen MR) is 107 cm³/mol. The average Bonchev–Trinajstić information content (AvgIpc) is 2.61. The fraction of sp³-hybridized carbons (Fsp3) is 0.0833. The standard InChI is InChI=1S/C24H22/c1-19-7-3-5-9-23(19)17-15-21-11-13-22(14-12-21)16-18-24-10-6-4-8-20(24)2/h3-18H,1-2H3/b17-15-,18-16+. The first kappa shape index (κ1) is 16.0. The first-order chi connectivity index (χ1) is 11.7. The van der Waals surface area contributed by atoms with Gasteiger partial charge in [-0.1, -0.05) is 97.1 Å². The highest BCUT2D eigenvalue weighted by Gasteiger charge is 1.94. The second-order valence-electron chi connectivity index (χ2n) is 6.05. The van der Waals surface area contributed by atoms with Crippen molar-refractivity contribution in [1.29, 1.82) is 0 Å². The molecule has 0 saturated heterocycles. The van der Waals surface area contributed by atoms with E-state index in [1.807, 2.05) is 0 Å². The van der Waals surface area contributed by atoms with Gasteiger partial charge in [0.2, 0.25) is 0 Å². The second kappa shape index (κ2) is 7.61. The van der Waals surface area contributed by atoms with Gasteiger partial charge in [0, 0.05) is 0 Å². The summed E-state index contributed by atoms with van der Waals surface area (Å²) in [6.45, 7) is 4.28. The molecule has 0 unspecified atom stereocenters. The number of aryl methyl sites for hydroxylation is 2. The largest absolute Gasteiger partial charge is 0.0620 e. The summed E-state index contributed by atoms with van der Waals surface area (Å²) in [5, 5.41) is 0. The lowest BCUT2D eigenvalue weighted by molar-refractivity contribution is 1.44. The Morgan fingerprint density at radius 1 is 0.458 bits per heavy atom. The number of benzene rings is 3. The highest BCUT2D eigenvalue weighted by Crippen LogP contribution is 2.15. The summed E-state index contributed by atoms with van der Waals surface area (Å²) < 4.78 is 0. The molecular weight excluding hydrogens is 288 g/mol. The molecule has 0 fully saturated rings. The lowest BCUT2D eigenvalue weighted by atomic mass is 10.0. The fourth-order valence-electron chi connectivity index (χ4n) is 2.64. The maximum Gasteiger partial charge on any atom is -0.0227 e. The molecule has 0 heterocycles. The van der Waals surface area contributed by atoms with Crippen LogP contribution in [0.3, 0.4) is 0 Å². The molecule has 0 nitrogen and oxygen atoms in total. The van der Waals surface area contributed by atoms with Gasteiger partial charge in [0.05, 0.1) is 0 Å². The Hall–Kier alpha value is -2.86. The molecule has 0 bridgehead atoms. The Labute approximate surface area is 144 Å². The third-order valence-electron chi connectivity index (χ3n) is 4.22. The third kappa shape index (κ3) is 4.11. The first-order valence-electron chi connectivity index (χ1n) is 8.30. The van der Waals surface area contributed by atoms with E-state index in [1.54, 1.807) is 0 Å². The van der Waals surface area contributed by atoms with Gasteiger partial charge in [-0.25, -0.2) is 0 Å². The molecule has 0 aliphatic heterocycles. The Balaban J connectivity index is 1.72. The number of rotatable bonds is 4. The highest BCUT2D eigenvalue weighted by molar-refractivity contribution is 5.74. The first-order valence-corrected chi connectivity index (χ1v) is 8.30. The van der Waals surface area contributed by atoms with Crippen molar-refractivity contribution in [3.05, 3.63) is 106 Å². The molecule has 0 heteroatoms. The zero-order valence-electron chi connectivity index (χ0n) is 14.2. The van der Waals surface area contributed by atoms with Gasteiger partial charge < -0.3 is 0 Å². The molecule has 0 amide bonds. The van der Waals surface area contributed by atoms with Crippen molar-refractivity contribution in [1.82, 2.24) is 0 Å². The molecule has 3 rings (SSSR count). The van der Waals surface area contributed by atoms with Crippen molar-refractivity contribution in [3.8, 4) is 0 Å². The molecule has 0 radical (unpaired) electrons. The Morgan fingerprint density at radius 3 is 1.21 bits per heavy atom. The molecule has 0 N–H and O–H groups in total. The van der Waals surface area contributed by atoms with E-state index >= 15 is 0 Å². The molecule has 3 aromatic rings. The zero-order valence-corrected chi connectivity index (χ0v) is 14.2. The van der Waals surface area contributed by atoms with Crippen LogP contribution in [-0.2, 0) is 0 Å². The van der Waals surface area contributed by atoms with Crippen LogP contribution in [0.1, 0.15) is 33.4 Å². The van der Waals surface area contributed by atoms with Crippen LogP contribution in [-0.4, -0.2) is 0 Å². The maximum absolute atomic E-state index is 2.17. The van der Waals surface area contributed by atoms with E-state index in [9.17, 15) is 0 Å². The van der Waals surface area contributed by atoms with E-state index < -0.39 is 0 Å². The topological polar surface area (TPSA) is 0 Å². The minimum absolute atomic E-state index is 1.21. The van der Waals surface area contributed by atoms with Crippen LogP contribution in [0, 0.1) is 13.8 Å². The smallest absolute Gasteiger partial charge is 0.0227 e. The minimum Gasteiger partial charge on any atom is -0.0620 e. The normalized spacial score (nSPS) is 11.4. The summed E-state index contributed by atoms with van der Waals surface area (Å²) in [5.74, 6) is 0. The second-order valence-corrected chi connectivity index (χ2v) is 6.05. The van der Waals surface area contributed by atoms with Gasteiger partial charge in [-0.15, -0.1) is 0 Å². The van der Waals surface area contributed by atoms with Crippen molar-refractivity contribution in [2.24, 2.45) is 0 Å². The Morgan fingerprint density at radius 2 is 0.833 bits per heavy atom. The molecular formula is C24H22. The van der Waals surface area contributed by atoms with Gasteiger partial charge in [0.1, 0.15) is 0 Å². The van der Waals surface area contributed by atoms with Crippen LogP contribution in [0.15, 0.2) is 72.8 Å². The SMILES string of the molecule is Cc1ccccc1/C=C\c1ccc(/C=C/c2ccccc2C)cc1. The molecule has 0 aromatic heterocycles. The quantitative estimate of drug-likeness (QED) is 0.473. The van der Waals surface area contributed by atoms with Crippen LogP contribution in [0.5, 0.6) is 0 Å². The van der Waals surface area contributed by atoms with E-state index in [1.165, 1.54) is 33.4 Å². The van der Waals surface area contributed by atoms with E-state index in [4.69, 9.17) is 0 Å².